The number of hydrogen-bond acceptors (Lipinski definition) is 2. The Balaban J connectivity index is 2.10. The van der Waals surface area contributed by atoms with Gasteiger partial charge in [0.05, 0.1) is 6.54 Å². The Kier molecular flexibility index (Phi) is 2.80. The molecule has 1 heterocycles. The Morgan fingerprint density at radius 1 is 0.947 bits per heavy atom. The lowest BCUT2D eigenvalue weighted by Gasteiger charge is -2.09. The van der Waals surface area contributed by atoms with E-state index in [9.17, 15) is 4.79 Å². The summed E-state index contributed by atoms with van der Waals surface area (Å²) >= 11 is 0. The second-order valence-corrected chi connectivity index (χ2v) is 4.53. The molecule has 0 unspecified atom stereocenters. The van der Waals surface area contributed by atoms with E-state index in [0.717, 1.165) is 16.3 Å². The van der Waals surface area contributed by atoms with Crippen LogP contribution >= 0.6 is 0 Å². The van der Waals surface area contributed by atoms with Gasteiger partial charge in [0, 0.05) is 17.3 Å². The van der Waals surface area contributed by atoms with Crippen molar-refractivity contribution in [3.05, 3.63) is 76.7 Å². The monoisotopic (exact) mass is 250 g/mol. The zero-order chi connectivity index (χ0) is 13.2. The maximum Gasteiger partial charge on any atom is 0.258 e. The molecule has 0 fully saturated rings. The summed E-state index contributed by atoms with van der Waals surface area (Å²) in [4.78, 5) is 12.4. The number of hydrogen-bond donors (Lipinski definition) is 1. The van der Waals surface area contributed by atoms with Crippen molar-refractivity contribution in [2.45, 2.75) is 6.54 Å². The lowest BCUT2D eigenvalue weighted by atomic mass is 10.1. The van der Waals surface area contributed by atoms with Crippen molar-refractivity contribution in [1.29, 1.82) is 0 Å². The van der Waals surface area contributed by atoms with E-state index in [1.54, 1.807) is 4.57 Å². The maximum atomic E-state index is 12.4. The molecule has 0 saturated heterocycles. The van der Waals surface area contributed by atoms with E-state index in [4.69, 9.17) is 5.73 Å². The summed E-state index contributed by atoms with van der Waals surface area (Å²) < 4.78 is 1.69. The Morgan fingerprint density at radius 3 is 2.53 bits per heavy atom. The largest absolute Gasteiger partial charge is 0.398 e. The normalized spacial score (nSPS) is 10.7. The fraction of sp³-hybridized carbons (Fsp3) is 0.0625. The average molecular weight is 250 g/mol. The van der Waals surface area contributed by atoms with Crippen LogP contribution in [0.1, 0.15) is 5.56 Å². The predicted octanol–water partition coefficient (Wildman–Crippen LogP) is 2.63. The molecule has 0 bridgehead atoms. The van der Waals surface area contributed by atoms with Gasteiger partial charge in [0.15, 0.2) is 0 Å². The number of benzene rings is 2. The zero-order valence-corrected chi connectivity index (χ0v) is 10.4. The minimum Gasteiger partial charge on any atom is -0.398 e. The van der Waals surface area contributed by atoms with Crippen LogP contribution in [0.5, 0.6) is 0 Å². The molecule has 0 atom stereocenters. The minimum atomic E-state index is 0.0151. The van der Waals surface area contributed by atoms with Crippen LogP contribution in [-0.2, 0) is 6.54 Å². The lowest BCUT2D eigenvalue weighted by Crippen LogP contribution is -2.20. The van der Waals surface area contributed by atoms with Gasteiger partial charge >= 0.3 is 0 Å². The second-order valence-electron chi connectivity index (χ2n) is 4.53. The number of pyridine rings is 1. The molecule has 2 N–H and O–H groups in total. The first-order valence-corrected chi connectivity index (χ1v) is 6.17. The van der Waals surface area contributed by atoms with Crippen LogP contribution in [0, 0.1) is 0 Å². The molecule has 19 heavy (non-hydrogen) atoms. The van der Waals surface area contributed by atoms with Crippen LogP contribution in [-0.4, -0.2) is 4.57 Å². The highest BCUT2D eigenvalue weighted by molar-refractivity contribution is 5.81. The summed E-state index contributed by atoms with van der Waals surface area (Å²) in [5.41, 5.74) is 7.60. The molecule has 3 aromatic rings. The number of fused-ring (bicyclic) bond motifs is 1. The van der Waals surface area contributed by atoms with Crippen molar-refractivity contribution >= 4 is 16.5 Å². The first-order valence-electron chi connectivity index (χ1n) is 6.17. The van der Waals surface area contributed by atoms with Gasteiger partial charge in [-0.15, -0.1) is 0 Å². The minimum absolute atomic E-state index is 0.0151. The van der Waals surface area contributed by atoms with Gasteiger partial charge in [-0.3, -0.25) is 4.79 Å². The number of aromatic nitrogens is 1. The smallest absolute Gasteiger partial charge is 0.258 e. The summed E-state index contributed by atoms with van der Waals surface area (Å²) in [5.74, 6) is 0. The van der Waals surface area contributed by atoms with Crippen molar-refractivity contribution in [3.63, 3.8) is 0 Å². The van der Waals surface area contributed by atoms with Gasteiger partial charge in [-0.1, -0.05) is 36.4 Å². The maximum absolute atomic E-state index is 12.4. The summed E-state index contributed by atoms with van der Waals surface area (Å²) in [6.45, 7) is 0.496. The van der Waals surface area contributed by atoms with E-state index in [0.29, 0.717) is 12.2 Å². The van der Waals surface area contributed by atoms with Crippen LogP contribution in [0.4, 0.5) is 5.69 Å². The third-order valence-electron chi connectivity index (χ3n) is 3.28. The van der Waals surface area contributed by atoms with Gasteiger partial charge in [0.25, 0.3) is 5.56 Å². The Hall–Kier alpha value is -2.55. The molecule has 1 aromatic heterocycles. The second kappa shape index (κ2) is 4.61. The molecule has 94 valence electrons. The third-order valence-corrected chi connectivity index (χ3v) is 3.28. The van der Waals surface area contributed by atoms with E-state index in [-0.39, 0.29) is 5.56 Å². The standard InChI is InChI=1S/C16H14N2O/c17-15-8-4-2-6-13(15)11-18-10-9-12-5-1-3-7-14(12)16(18)19/h1-10H,11,17H2. The molecule has 0 radical (unpaired) electrons. The van der Waals surface area contributed by atoms with Gasteiger partial charge in [0.1, 0.15) is 0 Å². The fourth-order valence-corrected chi connectivity index (χ4v) is 2.22. The summed E-state index contributed by atoms with van der Waals surface area (Å²) in [6.07, 6.45) is 1.82. The number of nitrogen functional groups attached to an aromatic ring is 1. The first kappa shape index (κ1) is 11.5. The van der Waals surface area contributed by atoms with Crippen LogP contribution in [0.15, 0.2) is 65.6 Å². The average Bonchev–Trinajstić information content (AvgIpc) is 2.44. The molecule has 0 spiro atoms. The molecule has 3 nitrogen and oxygen atoms in total. The highest BCUT2D eigenvalue weighted by Crippen LogP contribution is 2.13. The number of anilines is 1. The molecular weight excluding hydrogens is 236 g/mol. The molecule has 0 amide bonds. The highest BCUT2D eigenvalue weighted by Gasteiger charge is 2.04. The Labute approximate surface area is 110 Å². The van der Waals surface area contributed by atoms with Crippen molar-refractivity contribution in [1.82, 2.24) is 4.57 Å². The molecule has 0 saturated carbocycles. The summed E-state index contributed by atoms with van der Waals surface area (Å²) in [6, 6.07) is 17.2. The molecule has 3 heteroatoms. The number of para-hydroxylation sites is 1. The van der Waals surface area contributed by atoms with Crippen molar-refractivity contribution in [2.24, 2.45) is 0 Å². The van der Waals surface area contributed by atoms with Crippen molar-refractivity contribution < 1.29 is 0 Å². The van der Waals surface area contributed by atoms with E-state index >= 15 is 0 Å². The Morgan fingerprint density at radius 2 is 1.68 bits per heavy atom. The van der Waals surface area contributed by atoms with E-state index < -0.39 is 0 Å². The van der Waals surface area contributed by atoms with Gasteiger partial charge in [-0.2, -0.15) is 0 Å². The van der Waals surface area contributed by atoms with Crippen LogP contribution < -0.4 is 11.3 Å². The zero-order valence-electron chi connectivity index (χ0n) is 10.4. The molecule has 0 aliphatic rings. The van der Waals surface area contributed by atoms with Gasteiger partial charge in [0.2, 0.25) is 0 Å². The third kappa shape index (κ3) is 2.10. The molecular formula is C16H14N2O. The first-order chi connectivity index (χ1) is 9.25. The van der Waals surface area contributed by atoms with Crippen LogP contribution in [0.25, 0.3) is 10.8 Å². The molecule has 0 aliphatic carbocycles. The highest BCUT2D eigenvalue weighted by atomic mass is 16.1. The molecule has 0 aliphatic heterocycles. The molecule has 2 aromatic carbocycles. The van der Waals surface area contributed by atoms with Crippen LogP contribution in [0.2, 0.25) is 0 Å². The molecule has 3 rings (SSSR count). The Bertz CT molecular complexity index is 790. The number of nitrogens with two attached hydrogens (primary N) is 1. The van der Waals surface area contributed by atoms with Gasteiger partial charge < -0.3 is 10.3 Å². The van der Waals surface area contributed by atoms with E-state index in [2.05, 4.69) is 0 Å². The predicted molar refractivity (Wildman–Crippen MR) is 78.2 cm³/mol. The lowest BCUT2D eigenvalue weighted by molar-refractivity contribution is 0.770. The topological polar surface area (TPSA) is 48.0 Å². The number of rotatable bonds is 2. The van der Waals surface area contributed by atoms with E-state index in [1.807, 2.05) is 60.8 Å². The fourth-order valence-electron chi connectivity index (χ4n) is 2.22. The van der Waals surface area contributed by atoms with Crippen LogP contribution in [0.3, 0.4) is 0 Å². The number of nitrogens with zero attached hydrogens (tertiary/aromatic N) is 1. The summed E-state index contributed by atoms with van der Waals surface area (Å²) in [5, 5.41) is 1.70. The van der Waals surface area contributed by atoms with Crippen molar-refractivity contribution in [3.8, 4) is 0 Å². The van der Waals surface area contributed by atoms with Gasteiger partial charge in [-0.25, -0.2) is 0 Å². The SMILES string of the molecule is Nc1ccccc1Cn1ccc2ccccc2c1=O. The quantitative estimate of drug-likeness (QED) is 0.711. The van der Waals surface area contributed by atoms with E-state index in [1.165, 1.54) is 0 Å². The van der Waals surface area contributed by atoms with Gasteiger partial charge in [-0.05, 0) is 29.1 Å². The van der Waals surface area contributed by atoms with Crippen molar-refractivity contribution in [2.75, 3.05) is 5.73 Å². The summed E-state index contributed by atoms with van der Waals surface area (Å²) in [7, 11) is 0.